The lowest BCUT2D eigenvalue weighted by Crippen LogP contribution is -2.44. The summed E-state index contributed by atoms with van der Waals surface area (Å²) in [5.74, 6) is -0.405. The zero-order valence-electron chi connectivity index (χ0n) is 12.8. The molecule has 0 aromatic heterocycles. The largest absolute Gasteiger partial charge is 0.463 e. The Labute approximate surface area is 134 Å². The first-order valence-corrected chi connectivity index (χ1v) is 7.69. The zero-order valence-corrected chi connectivity index (χ0v) is 12.8. The molecule has 6 heteroatoms. The Morgan fingerprint density at radius 3 is 2.83 bits per heavy atom. The van der Waals surface area contributed by atoms with Crippen LogP contribution >= 0.6 is 0 Å². The van der Waals surface area contributed by atoms with E-state index in [9.17, 15) is 9.90 Å². The second-order valence-corrected chi connectivity index (χ2v) is 5.42. The van der Waals surface area contributed by atoms with Crippen LogP contribution in [0.3, 0.4) is 0 Å². The molecular formula is C17H20O6. The van der Waals surface area contributed by atoms with E-state index >= 15 is 0 Å². The number of esters is 1. The third-order valence-electron chi connectivity index (χ3n) is 3.74. The molecule has 6 nitrogen and oxygen atoms in total. The van der Waals surface area contributed by atoms with Gasteiger partial charge in [-0.15, -0.1) is 0 Å². The van der Waals surface area contributed by atoms with Gasteiger partial charge in [-0.1, -0.05) is 30.3 Å². The molecule has 0 bridgehead atoms. The molecule has 5 atom stereocenters. The fourth-order valence-corrected chi connectivity index (χ4v) is 2.55. The molecule has 0 aliphatic carbocycles. The maximum absolute atomic E-state index is 11.3. The number of benzene rings is 1. The van der Waals surface area contributed by atoms with E-state index in [0.717, 1.165) is 5.56 Å². The molecule has 0 spiro atoms. The second kappa shape index (κ2) is 7.23. The monoisotopic (exact) mass is 320 g/mol. The van der Waals surface area contributed by atoms with Crippen molar-refractivity contribution in [2.75, 3.05) is 13.2 Å². The van der Waals surface area contributed by atoms with Gasteiger partial charge >= 0.3 is 5.97 Å². The van der Waals surface area contributed by atoms with Gasteiger partial charge in [-0.05, 0) is 13.0 Å². The minimum absolute atomic E-state index is 0.179. The van der Waals surface area contributed by atoms with Crippen molar-refractivity contribution in [3.8, 4) is 0 Å². The van der Waals surface area contributed by atoms with E-state index in [2.05, 4.69) is 0 Å². The van der Waals surface area contributed by atoms with Gasteiger partial charge in [0.05, 0.1) is 13.2 Å². The molecule has 23 heavy (non-hydrogen) atoms. The summed E-state index contributed by atoms with van der Waals surface area (Å²) in [5, 5.41) is 10.1. The summed E-state index contributed by atoms with van der Waals surface area (Å²) in [4.78, 5) is 11.3. The molecule has 3 rings (SSSR count). The van der Waals surface area contributed by atoms with Gasteiger partial charge in [0.2, 0.25) is 0 Å². The van der Waals surface area contributed by atoms with E-state index in [1.165, 1.54) is 6.08 Å². The van der Waals surface area contributed by atoms with E-state index < -0.39 is 24.5 Å². The average molecular weight is 320 g/mol. The van der Waals surface area contributed by atoms with E-state index in [1.54, 1.807) is 13.0 Å². The van der Waals surface area contributed by atoms with Crippen molar-refractivity contribution in [3.63, 3.8) is 0 Å². The van der Waals surface area contributed by atoms with Gasteiger partial charge in [-0.2, -0.15) is 0 Å². The van der Waals surface area contributed by atoms with Gasteiger partial charge in [-0.3, -0.25) is 0 Å². The molecule has 2 saturated heterocycles. The Kier molecular flexibility index (Phi) is 5.07. The Morgan fingerprint density at radius 2 is 2.09 bits per heavy atom. The van der Waals surface area contributed by atoms with Crippen molar-refractivity contribution in [2.45, 2.75) is 37.6 Å². The van der Waals surface area contributed by atoms with Gasteiger partial charge in [0.15, 0.2) is 6.29 Å². The van der Waals surface area contributed by atoms with E-state index in [-0.39, 0.29) is 18.8 Å². The highest BCUT2D eigenvalue weighted by Crippen LogP contribution is 2.36. The van der Waals surface area contributed by atoms with Crippen molar-refractivity contribution in [1.82, 2.24) is 0 Å². The number of aliphatic hydroxyl groups is 1. The molecule has 1 aromatic carbocycles. The zero-order chi connectivity index (χ0) is 16.2. The highest BCUT2D eigenvalue weighted by molar-refractivity contribution is 5.82. The molecule has 0 radical (unpaired) electrons. The lowest BCUT2D eigenvalue weighted by molar-refractivity contribution is -0.260. The highest BCUT2D eigenvalue weighted by Gasteiger charge is 2.50. The van der Waals surface area contributed by atoms with Crippen LogP contribution in [-0.4, -0.2) is 48.7 Å². The molecule has 0 unspecified atom stereocenters. The first-order valence-electron chi connectivity index (χ1n) is 7.69. The standard InChI is InChI=1S/C17H20O6/c1-2-20-14(19)9-8-13-16(22-13)15-12(18)10-21-17(23-15)11-6-4-3-5-7-11/h3-9,12-13,15-18H,2,10H2,1H3/b9-8+/t12-,13-,15-,16-,17-/m1/s1. The van der Waals surface area contributed by atoms with Gasteiger partial charge in [0, 0.05) is 11.6 Å². The summed E-state index contributed by atoms with van der Waals surface area (Å²) < 4.78 is 21.7. The summed E-state index contributed by atoms with van der Waals surface area (Å²) in [7, 11) is 0. The minimum atomic E-state index is -0.763. The number of hydrogen-bond acceptors (Lipinski definition) is 6. The number of carbonyl (C=O) groups is 1. The van der Waals surface area contributed by atoms with Gasteiger partial charge in [-0.25, -0.2) is 4.79 Å². The fourth-order valence-electron chi connectivity index (χ4n) is 2.55. The number of hydrogen-bond donors (Lipinski definition) is 1. The van der Waals surface area contributed by atoms with Crippen LogP contribution in [0.5, 0.6) is 0 Å². The Balaban J connectivity index is 1.58. The molecule has 2 aliphatic rings. The molecular weight excluding hydrogens is 300 g/mol. The Bertz CT molecular complexity index is 557. The number of carbonyl (C=O) groups excluding carboxylic acids is 1. The molecule has 1 N–H and O–H groups in total. The number of aliphatic hydroxyl groups excluding tert-OH is 1. The third-order valence-corrected chi connectivity index (χ3v) is 3.74. The molecule has 2 fully saturated rings. The average Bonchev–Trinajstić information content (AvgIpc) is 3.34. The topological polar surface area (TPSA) is 77.5 Å². The van der Waals surface area contributed by atoms with Crippen molar-refractivity contribution in [3.05, 3.63) is 48.0 Å². The number of epoxide rings is 1. The molecule has 0 amide bonds. The molecule has 2 aliphatic heterocycles. The highest BCUT2D eigenvalue weighted by atomic mass is 16.7. The molecule has 124 valence electrons. The van der Waals surface area contributed by atoms with Crippen LogP contribution in [0.25, 0.3) is 0 Å². The van der Waals surface area contributed by atoms with E-state index in [0.29, 0.717) is 6.61 Å². The van der Waals surface area contributed by atoms with Crippen molar-refractivity contribution in [1.29, 1.82) is 0 Å². The minimum Gasteiger partial charge on any atom is -0.463 e. The van der Waals surface area contributed by atoms with Crippen LogP contribution in [0.15, 0.2) is 42.5 Å². The number of rotatable bonds is 5. The molecule has 1 aromatic rings. The van der Waals surface area contributed by atoms with Crippen LogP contribution in [0, 0.1) is 0 Å². The van der Waals surface area contributed by atoms with Crippen LogP contribution in [0.1, 0.15) is 18.8 Å². The smallest absolute Gasteiger partial charge is 0.330 e. The third kappa shape index (κ3) is 3.97. The second-order valence-electron chi connectivity index (χ2n) is 5.42. The summed E-state index contributed by atoms with van der Waals surface area (Å²) in [6.45, 7) is 2.26. The summed E-state index contributed by atoms with van der Waals surface area (Å²) in [6, 6.07) is 9.54. The fraction of sp³-hybridized carbons (Fsp3) is 0.471. The quantitative estimate of drug-likeness (QED) is 0.501. The van der Waals surface area contributed by atoms with E-state index in [1.807, 2.05) is 30.3 Å². The predicted molar refractivity (Wildman–Crippen MR) is 80.4 cm³/mol. The Hall–Kier alpha value is -1.73. The summed E-state index contributed by atoms with van der Waals surface area (Å²) in [6.07, 6.45) is 0.648. The normalized spacial score (nSPS) is 33.6. The predicted octanol–water partition coefficient (Wildman–Crippen LogP) is 1.35. The number of ether oxygens (including phenoxy) is 4. The first kappa shape index (κ1) is 16.1. The lowest BCUT2D eigenvalue weighted by Gasteiger charge is -2.33. The lowest BCUT2D eigenvalue weighted by atomic mass is 10.1. The maximum atomic E-state index is 11.3. The van der Waals surface area contributed by atoms with Crippen molar-refractivity contribution < 1.29 is 28.8 Å². The van der Waals surface area contributed by atoms with Crippen molar-refractivity contribution in [2.24, 2.45) is 0 Å². The maximum Gasteiger partial charge on any atom is 0.330 e. The van der Waals surface area contributed by atoms with Gasteiger partial charge in [0.25, 0.3) is 0 Å². The van der Waals surface area contributed by atoms with Crippen LogP contribution < -0.4 is 0 Å². The van der Waals surface area contributed by atoms with Crippen LogP contribution in [0.2, 0.25) is 0 Å². The van der Waals surface area contributed by atoms with E-state index in [4.69, 9.17) is 18.9 Å². The summed E-state index contributed by atoms with van der Waals surface area (Å²) >= 11 is 0. The summed E-state index contributed by atoms with van der Waals surface area (Å²) in [5.41, 5.74) is 0.892. The molecule has 2 heterocycles. The first-order chi connectivity index (χ1) is 11.2. The SMILES string of the molecule is CCOC(=O)/C=C/[C@H]1O[C@H]1[C@@H]1O[C@H](c2ccccc2)OC[C@H]1O. The van der Waals surface area contributed by atoms with Crippen molar-refractivity contribution >= 4 is 5.97 Å². The van der Waals surface area contributed by atoms with Gasteiger partial charge < -0.3 is 24.1 Å². The van der Waals surface area contributed by atoms with Crippen LogP contribution in [-0.2, 0) is 23.7 Å². The Morgan fingerprint density at radius 1 is 1.30 bits per heavy atom. The molecule has 0 saturated carbocycles. The van der Waals surface area contributed by atoms with Gasteiger partial charge in [0.1, 0.15) is 24.4 Å². The van der Waals surface area contributed by atoms with Crippen LogP contribution in [0.4, 0.5) is 0 Å².